The zero-order valence-corrected chi connectivity index (χ0v) is 7.91. The molecule has 0 atom stereocenters. The molecule has 0 spiro atoms. The van der Waals surface area contributed by atoms with E-state index in [2.05, 4.69) is 4.98 Å². The summed E-state index contributed by atoms with van der Waals surface area (Å²) in [4.78, 5) is 12.8. The van der Waals surface area contributed by atoms with Crippen LogP contribution < -0.4 is 0 Å². The summed E-state index contributed by atoms with van der Waals surface area (Å²) in [6.07, 6.45) is -3.05. The molecule has 0 radical (unpaired) electrons. The van der Waals surface area contributed by atoms with E-state index in [9.17, 15) is 18.9 Å². The number of nitro groups is 1. The summed E-state index contributed by atoms with van der Waals surface area (Å²) in [6, 6.07) is 0.759. The second-order valence-corrected chi connectivity index (χ2v) is 2.92. The van der Waals surface area contributed by atoms with Crippen LogP contribution in [0.15, 0.2) is 6.07 Å². The average Bonchev–Trinajstić information content (AvgIpc) is 2.15. The van der Waals surface area contributed by atoms with Gasteiger partial charge >= 0.3 is 5.69 Å². The van der Waals surface area contributed by atoms with Crippen molar-refractivity contribution < 1.29 is 18.8 Å². The smallest absolute Gasteiger partial charge is 0.315 e. The van der Waals surface area contributed by atoms with E-state index in [0.29, 0.717) is 0 Å². The minimum Gasteiger partial charge on any atom is -0.390 e. The van der Waals surface area contributed by atoms with Crippen LogP contribution in [0, 0.1) is 10.1 Å². The van der Waals surface area contributed by atoms with Crippen molar-refractivity contribution in [3.8, 4) is 0 Å². The highest BCUT2D eigenvalue weighted by Gasteiger charge is 2.27. The van der Waals surface area contributed by atoms with Crippen LogP contribution in [0.2, 0.25) is 5.15 Å². The number of aromatic nitrogens is 1. The van der Waals surface area contributed by atoms with E-state index in [1.165, 1.54) is 0 Å². The largest absolute Gasteiger partial charge is 0.390 e. The number of hydrogen-bond donors (Lipinski definition) is 1. The SMILES string of the molecule is O=[N+]([O-])c1c(C(F)F)cc(CO)nc1Cl. The van der Waals surface area contributed by atoms with Crippen molar-refractivity contribution in [2.45, 2.75) is 13.0 Å². The number of halogens is 3. The van der Waals surface area contributed by atoms with Crippen molar-refractivity contribution in [3.05, 3.63) is 32.6 Å². The number of rotatable bonds is 3. The average molecular weight is 239 g/mol. The Hall–Kier alpha value is -1.34. The molecule has 0 fully saturated rings. The van der Waals surface area contributed by atoms with Crippen molar-refractivity contribution in [1.29, 1.82) is 0 Å². The first-order chi connectivity index (χ1) is 6.97. The van der Waals surface area contributed by atoms with Crippen molar-refractivity contribution >= 4 is 17.3 Å². The van der Waals surface area contributed by atoms with Crippen LogP contribution in [0.3, 0.4) is 0 Å². The third-order valence-corrected chi connectivity index (χ3v) is 1.88. The summed E-state index contributed by atoms with van der Waals surface area (Å²) >= 11 is 5.36. The number of alkyl halides is 2. The van der Waals surface area contributed by atoms with Gasteiger partial charge in [0.2, 0.25) is 5.15 Å². The summed E-state index contributed by atoms with van der Waals surface area (Å²) < 4.78 is 24.8. The number of aliphatic hydroxyl groups excluding tert-OH is 1. The molecule has 5 nitrogen and oxygen atoms in total. The van der Waals surface area contributed by atoms with E-state index in [-0.39, 0.29) is 5.69 Å². The Morgan fingerprint density at radius 2 is 2.27 bits per heavy atom. The molecule has 82 valence electrons. The molecule has 0 saturated heterocycles. The van der Waals surface area contributed by atoms with E-state index in [1.54, 1.807) is 0 Å². The maximum absolute atomic E-state index is 12.4. The fraction of sp³-hybridized carbons (Fsp3) is 0.286. The van der Waals surface area contributed by atoms with Crippen LogP contribution in [0.25, 0.3) is 0 Å². The normalized spacial score (nSPS) is 10.7. The lowest BCUT2D eigenvalue weighted by molar-refractivity contribution is -0.386. The van der Waals surface area contributed by atoms with Gasteiger partial charge in [-0.3, -0.25) is 10.1 Å². The zero-order valence-electron chi connectivity index (χ0n) is 7.15. The topological polar surface area (TPSA) is 76.3 Å². The molecule has 0 saturated carbocycles. The molecule has 1 aromatic rings. The van der Waals surface area contributed by atoms with Gasteiger partial charge in [0, 0.05) is 0 Å². The first-order valence-electron chi connectivity index (χ1n) is 3.70. The van der Waals surface area contributed by atoms with Crippen LogP contribution in [-0.4, -0.2) is 15.0 Å². The molecular weight excluding hydrogens is 234 g/mol. The molecule has 15 heavy (non-hydrogen) atoms. The minimum absolute atomic E-state index is 0.138. The van der Waals surface area contributed by atoms with Gasteiger partial charge in [0.1, 0.15) is 5.56 Å². The Kier molecular flexibility index (Phi) is 3.48. The van der Waals surface area contributed by atoms with Crippen molar-refractivity contribution in [2.75, 3.05) is 0 Å². The number of pyridine rings is 1. The zero-order chi connectivity index (χ0) is 11.6. The minimum atomic E-state index is -3.05. The van der Waals surface area contributed by atoms with E-state index in [4.69, 9.17) is 16.7 Å². The first kappa shape index (κ1) is 11.7. The van der Waals surface area contributed by atoms with Crippen molar-refractivity contribution in [1.82, 2.24) is 4.98 Å². The maximum Gasteiger partial charge on any atom is 0.315 e. The molecule has 0 unspecified atom stereocenters. The third-order valence-electron chi connectivity index (χ3n) is 1.61. The van der Waals surface area contributed by atoms with Crippen molar-refractivity contribution in [2.24, 2.45) is 0 Å². The quantitative estimate of drug-likeness (QED) is 0.497. The highest BCUT2D eigenvalue weighted by atomic mass is 35.5. The third kappa shape index (κ3) is 2.37. The van der Waals surface area contributed by atoms with Crippen LogP contribution in [-0.2, 0) is 6.61 Å². The number of hydrogen-bond acceptors (Lipinski definition) is 4. The summed E-state index contributed by atoms with van der Waals surface area (Å²) in [6.45, 7) is -0.614. The van der Waals surface area contributed by atoms with Crippen LogP contribution in [0.4, 0.5) is 14.5 Å². The molecule has 0 aromatic carbocycles. The molecule has 1 heterocycles. The Balaban J connectivity index is 3.42. The molecule has 0 amide bonds. The summed E-state index contributed by atoms with van der Waals surface area (Å²) in [7, 11) is 0. The standard InChI is InChI=1S/C7H5ClF2N2O3/c8-6-5(12(14)15)4(7(9)10)1-3(2-13)11-6/h1,7,13H,2H2. The van der Waals surface area contributed by atoms with Crippen molar-refractivity contribution in [3.63, 3.8) is 0 Å². The second kappa shape index (κ2) is 4.45. The fourth-order valence-corrected chi connectivity index (χ4v) is 1.29. The van der Waals surface area contributed by atoms with Gasteiger partial charge in [-0.15, -0.1) is 0 Å². The first-order valence-corrected chi connectivity index (χ1v) is 4.08. The van der Waals surface area contributed by atoms with Gasteiger partial charge in [0.15, 0.2) is 0 Å². The highest BCUT2D eigenvalue weighted by molar-refractivity contribution is 6.31. The van der Waals surface area contributed by atoms with E-state index >= 15 is 0 Å². The lowest BCUT2D eigenvalue weighted by Gasteiger charge is -2.04. The number of aliphatic hydroxyl groups is 1. The van der Waals surface area contributed by atoms with E-state index in [1.807, 2.05) is 0 Å². The maximum atomic E-state index is 12.4. The summed E-state index contributed by atoms with van der Waals surface area (Å²) in [5.41, 5.74) is -1.91. The van der Waals surface area contributed by atoms with Gasteiger partial charge in [0.25, 0.3) is 6.43 Å². The second-order valence-electron chi connectivity index (χ2n) is 2.56. The van der Waals surface area contributed by atoms with Gasteiger partial charge in [-0.1, -0.05) is 11.6 Å². The Morgan fingerprint density at radius 1 is 1.67 bits per heavy atom. The molecular formula is C7H5ClF2N2O3. The van der Waals surface area contributed by atoms with Gasteiger partial charge in [-0.2, -0.15) is 0 Å². The lowest BCUT2D eigenvalue weighted by Crippen LogP contribution is -2.02. The fourth-order valence-electron chi connectivity index (χ4n) is 1.01. The monoisotopic (exact) mass is 238 g/mol. The molecule has 0 bridgehead atoms. The molecule has 0 aliphatic carbocycles. The Bertz CT molecular complexity index is 400. The Labute approximate surface area is 87.5 Å². The van der Waals surface area contributed by atoms with Crippen LogP contribution in [0.5, 0.6) is 0 Å². The van der Waals surface area contributed by atoms with E-state index < -0.39 is 34.4 Å². The van der Waals surface area contributed by atoms with E-state index in [0.717, 1.165) is 6.07 Å². The van der Waals surface area contributed by atoms with Crippen LogP contribution >= 0.6 is 11.6 Å². The van der Waals surface area contributed by atoms with Crippen LogP contribution in [0.1, 0.15) is 17.7 Å². The van der Waals surface area contributed by atoms with Gasteiger partial charge in [-0.25, -0.2) is 13.8 Å². The molecule has 0 aliphatic heterocycles. The lowest BCUT2D eigenvalue weighted by atomic mass is 10.2. The van der Waals surface area contributed by atoms with Gasteiger partial charge in [-0.05, 0) is 6.07 Å². The predicted molar refractivity (Wildman–Crippen MR) is 46.8 cm³/mol. The predicted octanol–water partition coefficient (Wildman–Crippen LogP) is 2.07. The molecule has 1 aromatic heterocycles. The molecule has 8 heteroatoms. The van der Waals surface area contributed by atoms with Gasteiger partial charge in [0.05, 0.1) is 17.2 Å². The molecule has 1 N–H and O–H groups in total. The summed E-state index contributed by atoms with van der Waals surface area (Å²) in [5, 5.41) is 18.4. The number of nitrogens with zero attached hydrogens (tertiary/aromatic N) is 2. The van der Waals surface area contributed by atoms with Gasteiger partial charge < -0.3 is 5.11 Å². The highest BCUT2D eigenvalue weighted by Crippen LogP contribution is 2.34. The molecule has 0 aliphatic rings. The Morgan fingerprint density at radius 3 is 2.67 bits per heavy atom. The summed E-state index contributed by atoms with van der Waals surface area (Å²) in [5.74, 6) is 0. The molecule has 1 rings (SSSR count).